The van der Waals surface area contributed by atoms with Crippen molar-refractivity contribution in [2.75, 3.05) is 31.8 Å². The molecule has 1 amide bonds. The van der Waals surface area contributed by atoms with E-state index in [1.165, 1.54) is 5.56 Å². The van der Waals surface area contributed by atoms with Crippen LogP contribution < -0.4 is 20.5 Å². The molecule has 0 aliphatic heterocycles. The average molecular weight is 495 g/mol. The third-order valence-electron chi connectivity index (χ3n) is 5.76. The number of fused-ring (bicyclic) bond motifs is 1. The summed E-state index contributed by atoms with van der Waals surface area (Å²) in [5.41, 5.74) is 8.92. The molecule has 4 N–H and O–H groups in total. The van der Waals surface area contributed by atoms with Gasteiger partial charge in [0.15, 0.2) is 6.61 Å². The van der Waals surface area contributed by atoms with Crippen LogP contribution in [-0.4, -0.2) is 48.9 Å². The van der Waals surface area contributed by atoms with Crippen LogP contribution >= 0.6 is 24.2 Å². The van der Waals surface area contributed by atoms with Crippen LogP contribution in [0.3, 0.4) is 0 Å². The summed E-state index contributed by atoms with van der Waals surface area (Å²) in [6.07, 6.45) is 4.92. The zero-order valence-corrected chi connectivity index (χ0v) is 20.7. The number of carbonyl (C=O) groups excluding carboxylic acids is 1. The fraction of sp³-hybridized carbons (Fsp3) is 0.480. The molecular formula is C25H35ClN2O4S. The zero-order valence-electron chi connectivity index (χ0n) is 19.1. The predicted molar refractivity (Wildman–Crippen MR) is 136 cm³/mol. The van der Waals surface area contributed by atoms with Crippen LogP contribution in [0.1, 0.15) is 36.4 Å². The standard InChI is InChI=1S/C25H34N2O4S.ClH/c1-32-13-12-27-24(29)17-31-22-11-10-18-6-5-7-19(25(26)23(18)15-22)14-20(28)16-30-21-8-3-2-4-9-21;/h2-4,8-11,15,19-20,25,28H,5-7,12-14,16-17,26H2,1H3,(H,27,29);1H/t19?,20-,25?;/m0./s1. The van der Waals surface area contributed by atoms with Crippen LogP contribution in [0.15, 0.2) is 48.5 Å². The normalized spacial score (nSPS) is 18.3. The van der Waals surface area contributed by atoms with E-state index in [0.717, 1.165) is 36.3 Å². The molecule has 0 spiro atoms. The van der Waals surface area contributed by atoms with Crippen molar-refractivity contribution in [2.24, 2.45) is 11.7 Å². The molecule has 0 saturated carbocycles. The van der Waals surface area contributed by atoms with E-state index in [9.17, 15) is 9.90 Å². The van der Waals surface area contributed by atoms with Gasteiger partial charge in [0, 0.05) is 18.3 Å². The predicted octanol–water partition coefficient (Wildman–Crippen LogP) is 3.75. The van der Waals surface area contributed by atoms with Crippen LogP contribution in [0.2, 0.25) is 0 Å². The molecule has 0 bridgehead atoms. The number of nitrogens with two attached hydrogens (primary N) is 1. The molecule has 2 aromatic carbocycles. The van der Waals surface area contributed by atoms with Crippen molar-refractivity contribution < 1.29 is 19.4 Å². The topological polar surface area (TPSA) is 93.8 Å². The average Bonchev–Trinajstić information content (AvgIpc) is 2.96. The van der Waals surface area contributed by atoms with Gasteiger partial charge in [-0.1, -0.05) is 24.3 Å². The Bertz CT molecular complexity index is 856. The number of carbonyl (C=O) groups is 1. The molecule has 8 heteroatoms. The lowest BCUT2D eigenvalue weighted by atomic mass is 9.87. The monoisotopic (exact) mass is 494 g/mol. The van der Waals surface area contributed by atoms with E-state index in [0.29, 0.717) is 18.7 Å². The fourth-order valence-electron chi connectivity index (χ4n) is 4.07. The van der Waals surface area contributed by atoms with Crippen molar-refractivity contribution in [3.05, 3.63) is 59.7 Å². The van der Waals surface area contributed by atoms with Gasteiger partial charge in [0.2, 0.25) is 0 Å². The minimum Gasteiger partial charge on any atom is -0.491 e. The van der Waals surface area contributed by atoms with Gasteiger partial charge in [0.25, 0.3) is 5.91 Å². The van der Waals surface area contributed by atoms with Gasteiger partial charge >= 0.3 is 0 Å². The van der Waals surface area contributed by atoms with Gasteiger partial charge in [-0.2, -0.15) is 11.8 Å². The Morgan fingerprint density at radius 3 is 2.76 bits per heavy atom. The molecule has 0 radical (unpaired) electrons. The van der Waals surface area contributed by atoms with E-state index in [1.54, 1.807) is 11.8 Å². The first-order valence-corrected chi connectivity index (χ1v) is 12.6. The SMILES string of the molecule is CSCCNC(=O)COc1ccc2c(c1)C(N)C(C[C@H](O)COc1ccccc1)CCC2.Cl. The first-order valence-electron chi connectivity index (χ1n) is 11.2. The number of hydrogen-bond acceptors (Lipinski definition) is 6. The van der Waals surface area contributed by atoms with Crippen molar-refractivity contribution in [3.8, 4) is 11.5 Å². The molecule has 2 aromatic rings. The molecule has 0 heterocycles. The minimum absolute atomic E-state index is 0. The highest BCUT2D eigenvalue weighted by Crippen LogP contribution is 2.36. The van der Waals surface area contributed by atoms with Crippen molar-refractivity contribution in [3.63, 3.8) is 0 Å². The van der Waals surface area contributed by atoms with Crippen molar-refractivity contribution in [2.45, 2.75) is 37.8 Å². The summed E-state index contributed by atoms with van der Waals surface area (Å²) in [6, 6.07) is 15.2. The Morgan fingerprint density at radius 1 is 1.21 bits per heavy atom. The Morgan fingerprint density at radius 2 is 2.00 bits per heavy atom. The van der Waals surface area contributed by atoms with E-state index >= 15 is 0 Å². The molecular weight excluding hydrogens is 460 g/mol. The molecule has 1 aliphatic carbocycles. The summed E-state index contributed by atoms with van der Waals surface area (Å²) < 4.78 is 11.4. The van der Waals surface area contributed by atoms with Crippen LogP contribution in [0.5, 0.6) is 11.5 Å². The molecule has 0 saturated heterocycles. The van der Waals surface area contributed by atoms with Crippen molar-refractivity contribution >= 4 is 30.1 Å². The highest BCUT2D eigenvalue weighted by Gasteiger charge is 2.27. The minimum atomic E-state index is -0.586. The summed E-state index contributed by atoms with van der Waals surface area (Å²) in [7, 11) is 0. The molecule has 182 valence electrons. The Labute approximate surface area is 207 Å². The van der Waals surface area contributed by atoms with Gasteiger partial charge in [-0.05, 0) is 73.2 Å². The number of rotatable bonds is 11. The molecule has 3 atom stereocenters. The van der Waals surface area contributed by atoms with Gasteiger partial charge in [-0.15, -0.1) is 12.4 Å². The first kappa shape index (κ1) is 27.3. The number of para-hydroxylation sites is 1. The zero-order chi connectivity index (χ0) is 22.8. The van der Waals surface area contributed by atoms with Crippen molar-refractivity contribution in [1.82, 2.24) is 5.32 Å². The fourth-order valence-corrected chi connectivity index (χ4v) is 4.38. The maximum atomic E-state index is 11.9. The van der Waals surface area contributed by atoms with E-state index < -0.39 is 6.10 Å². The van der Waals surface area contributed by atoms with E-state index in [4.69, 9.17) is 15.2 Å². The second-order valence-corrected chi connectivity index (χ2v) is 9.17. The van der Waals surface area contributed by atoms with Gasteiger partial charge < -0.3 is 25.6 Å². The largest absolute Gasteiger partial charge is 0.491 e. The number of aryl methyl sites for hydroxylation is 1. The molecule has 0 aromatic heterocycles. The Balaban J connectivity index is 0.00000385. The molecule has 6 nitrogen and oxygen atoms in total. The number of hydrogen-bond donors (Lipinski definition) is 3. The van der Waals surface area contributed by atoms with Crippen LogP contribution in [-0.2, 0) is 11.2 Å². The molecule has 2 unspecified atom stereocenters. The quantitative estimate of drug-likeness (QED) is 0.325. The molecule has 0 fully saturated rings. The number of ether oxygens (including phenoxy) is 2. The summed E-state index contributed by atoms with van der Waals surface area (Å²) in [5.74, 6) is 2.30. The third kappa shape index (κ3) is 8.74. The summed E-state index contributed by atoms with van der Waals surface area (Å²) in [5, 5.41) is 13.4. The van der Waals surface area contributed by atoms with E-state index in [2.05, 4.69) is 5.32 Å². The summed E-state index contributed by atoms with van der Waals surface area (Å²) >= 11 is 1.69. The first-order chi connectivity index (χ1) is 15.6. The number of nitrogens with one attached hydrogen (secondary N) is 1. The number of halogens is 1. The van der Waals surface area contributed by atoms with Gasteiger partial charge in [-0.3, -0.25) is 4.79 Å². The van der Waals surface area contributed by atoms with Crippen molar-refractivity contribution in [1.29, 1.82) is 0 Å². The van der Waals surface area contributed by atoms with Crippen LogP contribution in [0.25, 0.3) is 0 Å². The highest BCUT2D eigenvalue weighted by molar-refractivity contribution is 7.98. The maximum absolute atomic E-state index is 11.9. The second kappa shape index (κ2) is 14.4. The number of aliphatic hydroxyl groups excluding tert-OH is 1. The molecule has 3 rings (SSSR count). The van der Waals surface area contributed by atoms with Gasteiger partial charge in [0.1, 0.15) is 18.1 Å². The lowest BCUT2D eigenvalue weighted by Crippen LogP contribution is -2.30. The van der Waals surface area contributed by atoms with E-state index in [-0.39, 0.29) is 43.5 Å². The van der Waals surface area contributed by atoms with Crippen LogP contribution in [0.4, 0.5) is 0 Å². The van der Waals surface area contributed by atoms with Gasteiger partial charge in [0.05, 0.1) is 6.10 Å². The van der Waals surface area contributed by atoms with Crippen LogP contribution in [0, 0.1) is 5.92 Å². The van der Waals surface area contributed by atoms with E-state index in [1.807, 2.05) is 54.8 Å². The number of thioether (sulfide) groups is 1. The third-order valence-corrected chi connectivity index (χ3v) is 6.38. The number of amides is 1. The number of benzene rings is 2. The molecule has 1 aliphatic rings. The maximum Gasteiger partial charge on any atom is 0.257 e. The molecule has 33 heavy (non-hydrogen) atoms. The smallest absolute Gasteiger partial charge is 0.257 e. The highest BCUT2D eigenvalue weighted by atomic mass is 35.5. The second-order valence-electron chi connectivity index (χ2n) is 8.18. The lowest BCUT2D eigenvalue weighted by molar-refractivity contribution is -0.122. The summed E-state index contributed by atoms with van der Waals surface area (Å²) in [6.45, 7) is 0.868. The summed E-state index contributed by atoms with van der Waals surface area (Å²) in [4.78, 5) is 11.9. The lowest BCUT2D eigenvalue weighted by Gasteiger charge is -2.25. The number of aliphatic hydroxyl groups is 1. The van der Waals surface area contributed by atoms with Gasteiger partial charge in [-0.25, -0.2) is 0 Å². The Kier molecular flexibility index (Phi) is 11.9. The Hall–Kier alpha value is -1.93.